The predicted octanol–water partition coefficient (Wildman–Crippen LogP) is 1.61. The first-order chi connectivity index (χ1) is 10.2. The molecule has 1 saturated heterocycles. The van der Waals surface area contributed by atoms with Crippen molar-refractivity contribution in [2.45, 2.75) is 31.9 Å². The summed E-state index contributed by atoms with van der Waals surface area (Å²) in [5.74, 6) is -0.158. The fourth-order valence-corrected chi connectivity index (χ4v) is 2.89. The van der Waals surface area contributed by atoms with Gasteiger partial charge in [-0.25, -0.2) is 0 Å². The first-order valence-electron chi connectivity index (χ1n) is 7.37. The van der Waals surface area contributed by atoms with Gasteiger partial charge >= 0.3 is 0 Å². The van der Waals surface area contributed by atoms with E-state index in [4.69, 9.17) is 4.74 Å². The number of carbonyl (C=O) groups is 1. The van der Waals surface area contributed by atoms with Crippen LogP contribution in [0.4, 0.5) is 0 Å². The number of aliphatic hydroxyl groups excluding tert-OH is 1. The molecular weight excluding hydrogens is 268 g/mol. The van der Waals surface area contributed by atoms with Crippen LogP contribution in [0, 0.1) is 0 Å². The Kier molecular flexibility index (Phi) is 3.94. The second-order valence-corrected chi connectivity index (χ2v) is 5.39. The standard InChI is InChI=1S/C16H20N2O3/c1-2-10-11-5-3-4-6-12(11)17-15(10)16(20)18-13-7-8-21-9-14(13)19/h3-6,13-14,17,19H,2,7-9H2,1H3,(H,18,20)/t13-,14-/m1/s1. The normalized spacial score (nSPS) is 22.4. The molecule has 2 atom stereocenters. The lowest BCUT2D eigenvalue weighted by atomic mass is 10.0. The summed E-state index contributed by atoms with van der Waals surface area (Å²) in [7, 11) is 0. The molecule has 2 aromatic rings. The van der Waals surface area contributed by atoms with Crippen LogP contribution in [-0.4, -0.2) is 41.4 Å². The summed E-state index contributed by atoms with van der Waals surface area (Å²) >= 11 is 0. The Morgan fingerprint density at radius 3 is 3.05 bits per heavy atom. The van der Waals surface area contributed by atoms with Crippen LogP contribution < -0.4 is 5.32 Å². The third-order valence-electron chi connectivity index (χ3n) is 4.04. The summed E-state index contributed by atoms with van der Waals surface area (Å²) in [6.07, 6.45) is 0.773. The number of aromatic nitrogens is 1. The number of fused-ring (bicyclic) bond motifs is 1. The highest BCUT2D eigenvalue weighted by molar-refractivity contribution is 6.01. The van der Waals surface area contributed by atoms with Crippen molar-refractivity contribution in [1.29, 1.82) is 0 Å². The number of aryl methyl sites for hydroxylation is 1. The quantitative estimate of drug-likeness (QED) is 0.803. The molecule has 5 nitrogen and oxygen atoms in total. The maximum Gasteiger partial charge on any atom is 0.268 e. The van der Waals surface area contributed by atoms with E-state index < -0.39 is 6.10 Å². The van der Waals surface area contributed by atoms with Gasteiger partial charge in [0.25, 0.3) is 5.91 Å². The van der Waals surface area contributed by atoms with E-state index in [1.807, 2.05) is 31.2 Å². The van der Waals surface area contributed by atoms with Crippen molar-refractivity contribution in [3.63, 3.8) is 0 Å². The number of ether oxygens (including phenoxy) is 1. The molecule has 0 radical (unpaired) electrons. The Bertz CT molecular complexity index is 650. The number of rotatable bonds is 3. The van der Waals surface area contributed by atoms with Crippen molar-refractivity contribution < 1.29 is 14.6 Å². The van der Waals surface area contributed by atoms with E-state index in [-0.39, 0.29) is 18.6 Å². The minimum atomic E-state index is -0.642. The molecule has 1 aliphatic heterocycles. The molecule has 112 valence electrons. The summed E-state index contributed by atoms with van der Waals surface area (Å²) in [6.45, 7) is 2.88. The highest BCUT2D eigenvalue weighted by atomic mass is 16.5. The summed E-state index contributed by atoms with van der Waals surface area (Å²) in [5.41, 5.74) is 2.58. The Labute approximate surface area is 123 Å². The van der Waals surface area contributed by atoms with E-state index in [9.17, 15) is 9.90 Å². The highest BCUT2D eigenvalue weighted by Crippen LogP contribution is 2.23. The van der Waals surface area contributed by atoms with E-state index in [1.54, 1.807) is 0 Å². The second-order valence-electron chi connectivity index (χ2n) is 5.39. The molecule has 3 N–H and O–H groups in total. The van der Waals surface area contributed by atoms with Gasteiger partial charge in [0.05, 0.1) is 18.8 Å². The molecule has 0 bridgehead atoms. The number of nitrogens with one attached hydrogen (secondary N) is 2. The number of hydrogen-bond donors (Lipinski definition) is 3. The van der Waals surface area contributed by atoms with Gasteiger partial charge in [-0.1, -0.05) is 25.1 Å². The smallest absolute Gasteiger partial charge is 0.268 e. The minimum Gasteiger partial charge on any atom is -0.389 e. The van der Waals surface area contributed by atoms with Gasteiger partial charge in [0.1, 0.15) is 5.69 Å². The average molecular weight is 288 g/mol. The van der Waals surface area contributed by atoms with Crippen molar-refractivity contribution in [2.75, 3.05) is 13.2 Å². The number of H-pyrrole nitrogens is 1. The van der Waals surface area contributed by atoms with Gasteiger partial charge < -0.3 is 20.1 Å². The molecule has 21 heavy (non-hydrogen) atoms. The second kappa shape index (κ2) is 5.87. The number of carbonyl (C=O) groups excluding carboxylic acids is 1. The van der Waals surface area contributed by atoms with Gasteiger partial charge in [-0.3, -0.25) is 4.79 Å². The SMILES string of the molecule is CCc1c(C(=O)N[C@@H]2CCOC[C@H]2O)[nH]c2ccccc12. The number of para-hydroxylation sites is 1. The van der Waals surface area contributed by atoms with Gasteiger partial charge in [-0.2, -0.15) is 0 Å². The molecule has 0 unspecified atom stereocenters. The van der Waals surface area contributed by atoms with Gasteiger partial charge in [-0.05, 0) is 24.5 Å². The maximum absolute atomic E-state index is 12.5. The number of aliphatic hydroxyl groups is 1. The lowest BCUT2D eigenvalue weighted by Gasteiger charge is -2.28. The number of amides is 1. The van der Waals surface area contributed by atoms with Gasteiger partial charge in [-0.15, -0.1) is 0 Å². The van der Waals surface area contributed by atoms with Gasteiger partial charge in [0.2, 0.25) is 0 Å². The molecule has 5 heteroatoms. The van der Waals surface area contributed by atoms with E-state index in [1.165, 1.54) is 0 Å². The molecular formula is C16H20N2O3. The number of benzene rings is 1. The van der Waals surface area contributed by atoms with Crippen molar-refractivity contribution in [3.8, 4) is 0 Å². The predicted molar refractivity (Wildman–Crippen MR) is 80.4 cm³/mol. The van der Waals surface area contributed by atoms with Crippen LogP contribution in [0.5, 0.6) is 0 Å². The Hall–Kier alpha value is -1.85. The Balaban J connectivity index is 1.87. The summed E-state index contributed by atoms with van der Waals surface area (Å²) in [6, 6.07) is 7.66. The van der Waals surface area contributed by atoms with Crippen LogP contribution in [0.15, 0.2) is 24.3 Å². The average Bonchev–Trinajstić information content (AvgIpc) is 2.88. The third kappa shape index (κ3) is 2.66. The molecule has 1 aromatic carbocycles. The van der Waals surface area contributed by atoms with Gasteiger partial charge in [0.15, 0.2) is 0 Å². The molecule has 1 aromatic heterocycles. The zero-order valence-electron chi connectivity index (χ0n) is 12.1. The number of aromatic amines is 1. The van der Waals surface area contributed by atoms with Crippen LogP contribution in [0.1, 0.15) is 29.4 Å². The molecule has 0 saturated carbocycles. The van der Waals surface area contributed by atoms with E-state index in [0.29, 0.717) is 18.7 Å². The molecule has 0 spiro atoms. The fraction of sp³-hybridized carbons (Fsp3) is 0.438. The highest BCUT2D eigenvalue weighted by Gasteiger charge is 2.27. The summed E-state index contributed by atoms with van der Waals surface area (Å²) < 4.78 is 5.18. The minimum absolute atomic E-state index is 0.158. The van der Waals surface area contributed by atoms with E-state index in [0.717, 1.165) is 22.9 Å². The molecule has 2 heterocycles. The van der Waals surface area contributed by atoms with Crippen LogP contribution in [-0.2, 0) is 11.2 Å². The lowest BCUT2D eigenvalue weighted by Crippen LogP contribution is -2.48. The van der Waals surface area contributed by atoms with Crippen LogP contribution in [0.25, 0.3) is 10.9 Å². The summed E-state index contributed by atoms with van der Waals surface area (Å²) in [5, 5.41) is 13.9. The van der Waals surface area contributed by atoms with Crippen LogP contribution in [0.2, 0.25) is 0 Å². The van der Waals surface area contributed by atoms with Crippen molar-refractivity contribution in [3.05, 3.63) is 35.5 Å². The van der Waals surface area contributed by atoms with Crippen molar-refractivity contribution in [1.82, 2.24) is 10.3 Å². The van der Waals surface area contributed by atoms with E-state index in [2.05, 4.69) is 10.3 Å². The van der Waals surface area contributed by atoms with Crippen molar-refractivity contribution >= 4 is 16.8 Å². The first-order valence-corrected chi connectivity index (χ1v) is 7.37. The van der Waals surface area contributed by atoms with E-state index >= 15 is 0 Å². The monoisotopic (exact) mass is 288 g/mol. The molecule has 1 aliphatic rings. The molecule has 1 fully saturated rings. The van der Waals surface area contributed by atoms with Gasteiger partial charge in [0, 0.05) is 17.5 Å². The summed E-state index contributed by atoms with van der Waals surface area (Å²) in [4.78, 5) is 15.7. The molecule has 3 rings (SSSR count). The Morgan fingerprint density at radius 1 is 1.48 bits per heavy atom. The lowest BCUT2D eigenvalue weighted by molar-refractivity contribution is -0.0261. The zero-order chi connectivity index (χ0) is 14.8. The topological polar surface area (TPSA) is 74.3 Å². The largest absolute Gasteiger partial charge is 0.389 e. The first kappa shape index (κ1) is 14.1. The van der Waals surface area contributed by atoms with Crippen molar-refractivity contribution in [2.24, 2.45) is 0 Å². The fourth-order valence-electron chi connectivity index (χ4n) is 2.89. The maximum atomic E-state index is 12.5. The molecule has 0 aliphatic carbocycles. The van der Waals surface area contributed by atoms with Crippen LogP contribution >= 0.6 is 0 Å². The Morgan fingerprint density at radius 2 is 2.29 bits per heavy atom. The number of hydrogen-bond acceptors (Lipinski definition) is 3. The third-order valence-corrected chi connectivity index (χ3v) is 4.04. The van der Waals surface area contributed by atoms with Crippen LogP contribution in [0.3, 0.4) is 0 Å². The zero-order valence-corrected chi connectivity index (χ0v) is 12.1. The molecule has 1 amide bonds.